The zero-order valence-corrected chi connectivity index (χ0v) is 16.7. The summed E-state index contributed by atoms with van der Waals surface area (Å²) in [6.45, 7) is 0.406. The van der Waals surface area contributed by atoms with Gasteiger partial charge in [0.25, 0.3) is 0 Å². The number of benzene rings is 1. The van der Waals surface area contributed by atoms with Gasteiger partial charge in [-0.3, -0.25) is 4.79 Å². The van der Waals surface area contributed by atoms with Crippen molar-refractivity contribution in [3.63, 3.8) is 0 Å². The van der Waals surface area contributed by atoms with Gasteiger partial charge in [0.15, 0.2) is 6.61 Å². The first-order valence-corrected chi connectivity index (χ1v) is 9.80. The number of hydrogen-bond donors (Lipinski definition) is 2. The number of carbonyl (C=O) groups is 2. The van der Waals surface area contributed by atoms with Crippen molar-refractivity contribution in [3.8, 4) is 5.88 Å². The summed E-state index contributed by atoms with van der Waals surface area (Å²) in [6.07, 6.45) is -1.60. The van der Waals surface area contributed by atoms with Crippen LogP contribution < -0.4 is 15.4 Å². The Kier molecular flexibility index (Phi) is 7.32. The zero-order chi connectivity index (χ0) is 22.3. The van der Waals surface area contributed by atoms with Gasteiger partial charge in [-0.1, -0.05) is 30.3 Å². The smallest absolute Gasteiger partial charge is 0.422 e. The van der Waals surface area contributed by atoms with Crippen LogP contribution in [-0.4, -0.2) is 41.2 Å². The molecule has 2 N–H and O–H groups in total. The number of amides is 3. The molecule has 1 aromatic heterocycles. The fraction of sp³-hybridized carbons (Fsp3) is 0.381. The first-order valence-electron chi connectivity index (χ1n) is 9.80. The van der Waals surface area contributed by atoms with E-state index >= 15 is 0 Å². The van der Waals surface area contributed by atoms with Crippen LogP contribution in [0.5, 0.6) is 5.88 Å². The molecule has 0 unspecified atom stereocenters. The Morgan fingerprint density at radius 3 is 2.48 bits per heavy atom. The van der Waals surface area contributed by atoms with E-state index in [4.69, 9.17) is 0 Å². The van der Waals surface area contributed by atoms with Crippen molar-refractivity contribution in [2.75, 3.05) is 13.2 Å². The fourth-order valence-electron chi connectivity index (χ4n) is 3.11. The Morgan fingerprint density at radius 1 is 1.10 bits per heavy atom. The number of nitrogens with zero attached hydrogens (tertiary/aromatic N) is 2. The first kappa shape index (κ1) is 22.4. The quantitative estimate of drug-likeness (QED) is 0.666. The standard InChI is InChI=1S/C21H23F3N4O3/c22-21(23,24)14-31-18-7-6-17(11-25-18)12-27-20(30)26-10-15-3-1-4-16(9-15)13-28-8-2-5-19(28)29/h1,3-4,6-7,9,11H,2,5,8,10,12-14H2,(H2,26,27,30). The second-order valence-electron chi connectivity index (χ2n) is 7.18. The van der Waals surface area contributed by atoms with Crippen LogP contribution in [0.2, 0.25) is 0 Å². The molecule has 10 heteroatoms. The Balaban J connectivity index is 1.41. The van der Waals surface area contributed by atoms with E-state index in [2.05, 4.69) is 20.4 Å². The van der Waals surface area contributed by atoms with Gasteiger partial charge in [-0.25, -0.2) is 9.78 Å². The molecule has 1 aliphatic heterocycles. The van der Waals surface area contributed by atoms with Crippen molar-refractivity contribution >= 4 is 11.9 Å². The van der Waals surface area contributed by atoms with Gasteiger partial charge in [0.1, 0.15) is 0 Å². The number of urea groups is 1. The van der Waals surface area contributed by atoms with Gasteiger partial charge in [0, 0.05) is 44.9 Å². The Morgan fingerprint density at radius 2 is 1.84 bits per heavy atom. The molecule has 0 radical (unpaired) electrons. The van der Waals surface area contributed by atoms with E-state index in [0.29, 0.717) is 25.1 Å². The molecule has 1 aliphatic rings. The molecular formula is C21H23F3N4O3. The van der Waals surface area contributed by atoms with Crippen LogP contribution in [0.25, 0.3) is 0 Å². The average Bonchev–Trinajstić information content (AvgIpc) is 3.14. The molecule has 1 aromatic carbocycles. The summed E-state index contributed by atoms with van der Waals surface area (Å²) in [5.41, 5.74) is 2.53. The fourth-order valence-corrected chi connectivity index (χ4v) is 3.11. The van der Waals surface area contributed by atoms with Gasteiger partial charge in [-0.05, 0) is 23.1 Å². The van der Waals surface area contributed by atoms with Crippen LogP contribution >= 0.6 is 0 Å². The van der Waals surface area contributed by atoms with Crippen molar-refractivity contribution in [2.24, 2.45) is 0 Å². The lowest BCUT2D eigenvalue weighted by Crippen LogP contribution is -2.34. The predicted octanol–water partition coefficient (Wildman–Crippen LogP) is 3.14. The van der Waals surface area contributed by atoms with E-state index < -0.39 is 18.8 Å². The normalized spacial score (nSPS) is 13.9. The van der Waals surface area contributed by atoms with Gasteiger partial charge in [0.05, 0.1) is 0 Å². The molecule has 0 saturated carbocycles. The number of alkyl halides is 3. The predicted molar refractivity (Wildman–Crippen MR) is 106 cm³/mol. The summed E-state index contributed by atoms with van der Waals surface area (Å²) in [4.78, 5) is 29.4. The number of aromatic nitrogens is 1. The molecule has 1 fully saturated rings. The monoisotopic (exact) mass is 436 g/mol. The van der Waals surface area contributed by atoms with E-state index in [-0.39, 0.29) is 18.3 Å². The largest absolute Gasteiger partial charge is 0.468 e. The lowest BCUT2D eigenvalue weighted by Gasteiger charge is -2.16. The number of likely N-dealkylation sites (tertiary alicyclic amines) is 1. The summed E-state index contributed by atoms with van der Waals surface area (Å²) in [7, 11) is 0. The highest BCUT2D eigenvalue weighted by Crippen LogP contribution is 2.17. The summed E-state index contributed by atoms with van der Waals surface area (Å²) < 4.78 is 40.9. The van der Waals surface area contributed by atoms with Crippen molar-refractivity contribution in [1.29, 1.82) is 0 Å². The summed E-state index contributed by atoms with van der Waals surface area (Å²) in [6, 6.07) is 10.1. The number of hydrogen-bond acceptors (Lipinski definition) is 4. The number of rotatable bonds is 8. The van der Waals surface area contributed by atoms with Crippen molar-refractivity contribution in [3.05, 3.63) is 59.3 Å². The van der Waals surface area contributed by atoms with Gasteiger partial charge in [0.2, 0.25) is 11.8 Å². The van der Waals surface area contributed by atoms with Crippen molar-refractivity contribution < 1.29 is 27.5 Å². The highest BCUT2D eigenvalue weighted by atomic mass is 19.4. The molecule has 0 aliphatic carbocycles. The third kappa shape index (κ3) is 7.47. The molecule has 0 atom stereocenters. The number of carbonyl (C=O) groups excluding carboxylic acids is 2. The van der Waals surface area contributed by atoms with Crippen LogP contribution in [0.1, 0.15) is 29.5 Å². The van der Waals surface area contributed by atoms with Crippen molar-refractivity contribution in [2.45, 2.75) is 38.7 Å². The van der Waals surface area contributed by atoms with Crippen LogP contribution in [0, 0.1) is 0 Å². The molecule has 2 aromatic rings. The third-order valence-electron chi connectivity index (χ3n) is 4.62. The summed E-state index contributed by atoms with van der Waals surface area (Å²) in [5.74, 6) is 0.0263. The molecule has 166 valence electrons. The molecular weight excluding hydrogens is 413 g/mol. The Hall–Kier alpha value is -3.30. The van der Waals surface area contributed by atoms with Crippen molar-refractivity contribution in [1.82, 2.24) is 20.5 Å². The highest BCUT2D eigenvalue weighted by Gasteiger charge is 2.28. The van der Waals surface area contributed by atoms with E-state index in [1.165, 1.54) is 18.3 Å². The number of halogens is 3. The molecule has 0 spiro atoms. The van der Waals surface area contributed by atoms with E-state index in [9.17, 15) is 22.8 Å². The van der Waals surface area contributed by atoms with E-state index in [1.54, 1.807) is 0 Å². The number of ether oxygens (including phenoxy) is 1. The Labute approximate surface area is 177 Å². The molecule has 2 heterocycles. The van der Waals surface area contributed by atoms with E-state index in [0.717, 1.165) is 24.1 Å². The van der Waals surface area contributed by atoms with Crippen LogP contribution in [0.3, 0.4) is 0 Å². The summed E-state index contributed by atoms with van der Waals surface area (Å²) in [5, 5.41) is 5.41. The highest BCUT2D eigenvalue weighted by molar-refractivity contribution is 5.78. The molecule has 3 rings (SSSR count). The van der Waals surface area contributed by atoms with E-state index in [1.807, 2.05) is 29.2 Å². The molecule has 3 amide bonds. The molecule has 1 saturated heterocycles. The maximum Gasteiger partial charge on any atom is 0.422 e. The molecule has 7 nitrogen and oxygen atoms in total. The lowest BCUT2D eigenvalue weighted by atomic mass is 10.1. The van der Waals surface area contributed by atoms with Gasteiger partial charge in [-0.15, -0.1) is 0 Å². The van der Waals surface area contributed by atoms with Crippen LogP contribution in [-0.2, 0) is 24.4 Å². The minimum atomic E-state index is -4.43. The minimum absolute atomic E-state index is 0.138. The molecule has 0 bridgehead atoms. The average molecular weight is 436 g/mol. The topological polar surface area (TPSA) is 83.6 Å². The number of nitrogens with one attached hydrogen (secondary N) is 2. The van der Waals surface area contributed by atoms with Gasteiger partial charge in [-0.2, -0.15) is 13.2 Å². The molecule has 31 heavy (non-hydrogen) atoms. The number of pyridine rings is 1. The maximum absolute atomic E-state index is 12.1. The second kappa shape index (κ2) is 10.1. The lowest BCUT2D eigenvalue weighted by molar-refractivity contribution is -0.154. The zero-order valence-electron chi connectivity index (χ0n) is 16.7. The van der Waals surface area contributed by atoms with Gasteiger partial charge < -0.3 is 20.3 Å². The van der Waals surface area contributed by atoms with Crippen LogP contribution in [0.15, 0.2) is 42.6 Å². The first-order chi connectivity index (χ1) is 14.8. The maximum atomic E-state index is 12.1. The summed E-state index contributed by atoms with van der Waals surface area (Å²) >= 11 is 0. The van der Waals surface area contributed by atoms with Gasteiger partial charge >= 0.3 is 12.2 Å². The second-order valence-corrected chi connectivity index (χ2v) is 7.18. The Bertz CT molecular complexity index is 903. The minimum Gasteiger partial charge on any atom is -0.468 e. The van der Waals surface area contributed by atoms with Crippen LogP contribution in [0.4, 0.5) is 18.0 Å². The SMILES string of the molecule is O=C(NCc1ccc(OCC(F)(F)F)nc1)NCc1cccc(CN2CCCC2=O)c1. The third-order valence-corrected chi connectivity index (χ3v) is 4.62.